The molecule has 0 radical (unpaired) electrons. The van der Waals surface area contributed by atoms with Crippen LogP contribution in [0.15, 0.2) is 30.3 Å². The lowest BCUT2D eigenvalue weighted by Crippen LogP contribution is -2.50. The fourth-order valence-electron chi connectivity index (χ4n) is 2.96. The number of carbonyl (C=O) groups is 1. The van der Waals surface area contributed by atoms with Crippen molar-refractivity contribution in [3.63, 3.8) is 0 Å². The minimum Gasteiger partial charge on any atom is -0.480 e. The summed E-state index contributed by atoms with van der Waals surface area (Å²) in [5.74, 6) is -0.657. The molecule has 1 aromatic carbocycles. The SMILES string of the molecule is CCC1(C(=O)O)CCCN1CCc1ccccc1. The third-order valence-corrected chi connectivity index (χ3v) is 4.12. The first-order valence-corrected chi connectivity index (χ1v) is 6.71. The van der Waals surface area contributed by atoms with Crippen molar-refractivity contribution in [2.75, 3.05) is 13.1 Å². The van der Waals surface area contributed by atoms with Gasteiger partial charge in [0, 0.05) is 6.54 Å². The van der Waals surface area contributed by atoms with Crippen LogP contribution in [0.1, 0.15) is 31.7 Å². The van der Waals surface area contributed by atoms with Gasteiger partial charge < -0.3 is 5.11 Å². The first kappa shape index (κ1) is 13.1. The molecule has 0 aliphatic carbocycles. The smallest absolute Gasteiger partial charge is 0.324 e. The Balaban J connectivity index is 2.02. The van der Waals surface area contributed by atoms with E-state index in [0.717, 1.165) is 32.4 Å². The van der Waals surface area contributed by atoms with Gasteiger partial charge in [0.25, 0.3) is 0 Å². The topological polar surface area (TPSA) is 40.5 Å². The third-order valence-electron chi connectivity index (χ3n) is 4.12. The van der Waals surface area contributed by atoms with E-state index in [1.165, 1.54) is 5.56 Å². The molecule has 2 rings (SSSR count). The van der Waals surface area contributed by atoms with Crippen molar-refractivity contribution >= 4 is 5.97 Å². The molecule has 0 bridgehead atoms. The van der Waals surface area contributed by atoms with Crippen LogP contribution in [0.3, 0.4) is 0 Å². The molecule has 1 unspecified atom stereocenters. The number of aliphatic carboxylic acids is 1. The molecule has 1 atom stereocenters. The van der Waals surface area contributed by atoms with E-state index in [9.17, 15) is 9.90 Å². The van der Waals surface area contributed by atoms with Crippen LogP contribution >= 0.6 is 0 Å². The Labute approximate surface area is 108 Å². The van der Waals surface area contributed by atoms with Crippen LogP contribution in [0.25, 0.3) is 0 Å². The molecule has 0 saturated carbocycles. The van der Waals surface area contributed by atoms with Gasteiger partial charge in [-0.25, -0.2) is 0 Å². The molecule has 18 heavy (non-hydrogen) atoms. The zero-order valence-corrected chi connectivity index (χ0v) is 10.9. The van der Waals surface area contributed by atoms with Crippen molar-refractivity contribution in [2.24, 2.45) is 0 Å². The summed E-state index contributed by atoms with van der Waals surface area (Å²) in [4.78, 5) is 13.7. The highest BCUT2D eigenvalue weighted by Gasteiger charge is 2.45. The molecule has 1 aliphatic rings. The van der Waals surface area contributed by atoms with E-state index in [1.54, 1.807) is 0 Å². The average Bonchev–Trinajstić information content (AvgIpc) is 2.81. The largest absolute Gasteiger partial charge is 0.480 e. The predicted molar refractivity (Wildman–Crippen MR) is 71.6 cm³/mol. The summed E-state index contributed by atoms with van der Waals surface area (Å²) in [6.45, 7) is 3.73. The lowest BCUT2D eigenvalue weighted by molar-refractivity contribution is -0.150. The van der Waals surface area contributed by atoms with Gasteiger partial charge in [0.1, 0.15) is 5.54 Å². The fraction of sp³-hybridized carbons (Fsp3) is 0.533. The van der Waals surface area contributed by atoms with Crippen LogP contribution in [-0.2, 0) is 11.2 Å². The maximum atomic E-state index is 11.5. The van der Waals surface area contributed by atoms with Crippen LogP contribution in [0.5, 0.6) is 0 Å². The van der Waals surface area contributed by atoms with Crippen LogP contribution in [0, 0.1) is 0 Å². The lowest BCUT2D eigenvalue weighted by atomic mass is 9.92. The minimum absolute atomic E-state index is 0.616. The molecule has 98 valence electrons. The Hall–Kier alpha value is -1.35. The summed E-state index contributed by atoms with van der Waals surface area (Å²) in [5.41, 5.74) is 0.661. The Kier molecular flexibility index (Phi) is 4.02. The molecule has 3 heteroatoms. The molecule has 0 aromatic heterocycles. The van der Waals surface area contributed by atoms with Gasteiger partial charge in [-0.1, -0.05) is 37.3 Å². The quantitative estimate of drug-likeness (QED) is 0.869. The van der Waals surface area contributed by atoms with Gasteiger partial charge in [0.2, 0.25) is 0 Å². The summed E-state index contributed by atoms with van der Waals surface area (Å²) >= 11 is 0. The van der Waals surface area contributed by atoms with Gasteiger partial charge in [-0.3, -0.25) is 9.69 Å². The molecule has 1 fully saturated rings. The zero-order valence-electron chi connectivity index (χ0n) is 10.9. The second kappa shape index (κ2) is 5.53. The van der Waals surface area contributed by atoms with Crippen molar-refractivity contribution in [3.8, 4) is 0 Å². The molecule has 1 heterocycles. The van der Waals surface area contributed by atoms with Crippen LogP contribution in [0.4, 0.5) is 0 Å². The van der Waals surface area contributed by atoms with Crippen LogP contribution in [0.2, 0.25) is 0 Å². The van der Waals surface area contributed by atoms with Gasteiger partial charge in [-0.15, -0.1) is 0 Å². The number of benzene rings is 1. The first-order valence-electron chi connectivity index (χ1n) is 6.71. The number of hydrogen-bond donors (Lipinski definition) is 1. The Morgan fingerprint density at radius 1 is 1.39 bits per heavy atom. The monoisotopic (exact) mass is 247 g/mol. The molecule has 1 N–H and O–H groups in total. The summed E-state index contributed by atoms with van der Waals surface area (Å²) in [6, 6.07) is 10.3. The summed E-state index contributed by atoms with van der Waals surface area (Å²) < 4.78 is 0. The number of carboxylic acids is 1. The first-order chi connectivity index (χ1) is 8.69. The summed E-state index contributed by atoms with van der Waals surface area (Å²) in [6.07, 6.45) is 3.40. The van der Waals surface area contributed by atoms with Gasteiger partial charge in [0.15, 0.2) is 0 Å². The van der Waals surface area contributed by atoms with Crippen molar-refractivity contribution < 1.29 is 9.90 Å². The molecular formula is C15H21NO2. The van der Waals surface area contributed by atoms with Gasteiger partial charge >= 0.3 is 5.97 Å². The number of nitrogens with zero attached hydrogens (tertiary/aromatic N) is 1. The molecule has 0 spiro atoms. The maximum absolute atomic E-state index is 11.5. The van der Waals surface area contributed by atoms with Crippen molar-refractivity contribution in [1.29, 1.82) is 0 Å². The van der Waals surface area contributed by atoms with E-state index in [4.69, 9.17) is 0 Å². The normalized spacial score (nSPS) is 24.3. The van der Waals surface area contributed by atoms with E-state index in [0.29, 0.717) is 6.42 Å². The molecule has 1 saturated heterocycles. The standard InChI is InChI=1S/C15H21NO2/c1-2-15(14(17)18)10-6-11-16(15)12-9-13-7-4-3-5-8-13/h3-5,7-8H,2,6,9-12H2,1H3,(H,17,18). The molecule has 1 aromatic rings. The molecular weight excluding hydrogens is 226 g/mol. The molecule has 0 amide bonds. The second-order valence-corrected chi connectivity index (χ2v) is 5.02. The highest BCUT2D eigenvalue weighted by Crippen LogP contribution is 2.32. The molecule has 3 nitrogen and oxygen atoms in total. The van der Waals surface area contributed by atoms with Crippen LogP contribution < -0.4 is 0 Å². The highest BCUT2D eigenvalue weighted by atomic mass is 16.4. The number of likely N-dealkylation sites (tertiary alicyclic amines) is 1. The van der Waals surface area contributed by atoms with Crippen LogP contribution in [-0.4, -0.2) is 34.6 Å². The lowest BCUT2D eigenvalue weighted by Gasteiger charge is -2.33. The fourth-order valence-corrected chi connectivity index (χ4v) is 2.96. The van der Waals surface area contributed by atoms with E-state index < -0.39 is 11.5 Å². The van der Waals surface area contributed by atoms with E-state index in [2.05, 4.69) is 17.0 Å². The Morgan fingerprint density at radius 3 is 2.72 bits per heavy atom. The van der Waals surface area contributed by atoms with Crippen molar-refractivity contribution in [3.05, 3.63) is 35.9 Å². The third kappa shape index (κ3) is 2.41. The Bertz CT molecular complexity index is 404. The zero-order chi connectivity index (χ0) is 13.0. The number of carboxylic acid groups (broad SMARTS) is 1. The Morgan fingerprint density at radius 2 is 2.11 bits per heavy atom. The van der Waals surface area contributed by atoms with E-state index in [1.807, 2.05) is 25.1 Å². The molecule has 1 aliphatic heterocycles. The number of rotatable bonds is 5. The summed E-state index contributed by atoms with van der Waals surface area (Å²) in [5, 5.41) is 9.49. The van der Waals surface area contributed by atoms with Gasteiger partial charge in [0.05, 0.1) is 0 Å². The van der Waals surface area contributed by atoms with E-state index in [-0.39, 0.29) is 0 Å². The predicted octanol–water partition coefficient (Wildman–Crippen LogP) is 2.56. The second-order valence-electron chi connectivity index (χ2n) is 5.02. The van der Waals surface area contributed by atoms with Crippen molar-refractivity contribution in [2.45, 2.75) is 38.1 Å². The van der Waals surface area contributed by atoms with E-state index >= 15 is 0 Å². The summed E-state index contributed by atoms with van der Waals surface area (Å²) in [7, 11) is 0. The maximum Gasteiger partial charge on any atom is 0.324 e. The number of hydrogen-bond acceptors (Lipinski definition) is 2. The average molecular weight is 247 g/mol. The highest BCUT2D eigenvalue weighted by molar-refractivity contribution is 5.79. The van der Waals surface area contributed by atoms with Crippen molar-refractivity contribution in [1.82, 2.24) is 4.90 Å². The van der Waals surface area contributed by atoms with Gasteiger partial charge in [-0.2, -0.15) is 0 Å². The van der Waals surface area contributed by atoms with Gasteiger partial charge in [-0.05, 0) is 37.8 Å². The minimum atomic E-state index is -0.657.